The van der Waals surface area contributed by atoms with Gasteiger partial charge in [0.05, 0.1) is 22.9 Å². The number of benzene rings is 6. The van der Waals surface area contributed by atoms with Crippen LogP contribution in [0.25, 0.3) is 76.9 Å². The van der Waals surface area contributed by atoms with Gasteiger partial charge >= 0.3 is 0 Å². The molecule has 0 bridgehead atoms. The third-order valence-electron chi connectivity index (χ3n) is 7.81. The van der Waals surface area contributed by atoms with Gasteiger partial charge in [0, 0.05) is 27.1 Å². The Morgan fingerprint density at radius 3 is 1.97 bits per heavy atom. The average Bonchev–Trinajstić information content (AvgIpc) is 3.35. The van der Waals surface area contributed by atoms with E-state index in [1.165, 1.54) is 21.9 Å². The Morgan fingerprint density at radius 1 is 0.513 bits per heavy atom. The topological polar surface area (TPSA) is 38.9 Å². The van der Waals surface area contributed by atoms with Gasteiger partial charge in [-0.05, 0) is 66.1 Å². The monoisotopic (exact) mass is 500 g/mol. The Morgan fingerprint density at radius 2 is 1.18 bits per heavy atom. The number of aromatic nitrogens is 2. The second-order valence-electron chi connectivity index (χ2n) is 10.4. The summed E-state index contributed by atoms with van der Waals surface area (Å²) in [6.45, 7) is 4.26. The second kappa shape index (κ2) is 8.24. The van der Waals surface area contributed by atoms with Crippen molar-refractivity contribution in [1.82, 2.24) is 9.97 Å². The van der Waals surface area contributed by atoms with Gasteiger partial charge in [0.25, 0.3) is 0 Å². The highest BCUT2D eigenvalue weighted by molar-refractivity contribution is 6.23. The highest BCUT2D eigenvalue weighted by Gasteiger charge is 2.16. The van der Waals surface area contributed by atoms with Crippen LogP contribution >= 0.6 is 0 Å². The number of hydrogen-bond donors (Lipinski definition) is 0. The lowest BCUT2D eigenvalue weighted by Crippen LogP contribution is -1.94. The van der Waals surface area contributed by atoms with Crippen LogP contribution in [0.15, 0.2) is 114 Å². The zero-order chi connectivity index (χ0) is 26.1. The normalized spacial score (nSPS) is 11.8. The fourth-order valence-electron chi connectivity index (χ4n) is 5.93. The van der Waals surface area contributed by atoms with Gasteiger partial charge < -0.3 is 4.42 Å². The van der Waals surface area contributed by atoms with Gasteiger partial charge in [-0.25, -0.2) is 4.98 Å². The quantitative estimate of drug-likeness (QED) is 0.222. The first-order valence-corrected chi connectivity index (χ1v) is 13.2. The zero-order valence-electron chi connectivity index (χ0n) is 21.7. The van der Waals surface area contributed by atoms with E-state index in [1.54, 1.807) is 0 Å². The minimum Gasteiger partial charge on any atom is -0.456 e. The summed E-state index contributed by atoms with van der Waals surface area (Å²) in [4.78, 5) is 10.3. The fourth-order valence-corrected chi connectivity index (χ4v) is 5.93. The van der Waals surface area contributed by atoms with Crippen LogP contribution in [0.4, 0.5) is 0 Å². The van der Waals surface area contributed by atoms with Gasteiger partial charge in [-0.15, -0.1) is 0 Å². The van der Waals surface area contributed by atoms with Crippen LogP contribution in [0.3, 0.4) is 0 Å². The summed E-state index contributed by atoms with van der Waals surface area (Å²) >= 11 is 0. The summed E-state index contributed by atoms with van der Waals surface area (Å²) in [5.41, 5.74) is 10.3. The highest BCUT2D eigenvalue weighted by atomic mass is 16.3. The van der Waals surface area contributed by atoms with Crippen LogP contribution in [-0.4, -0.2) is 9.97 Å². The van der Waals surface area contributed by atoms with E-state index in [1.807, 2.05) is 18.3 Å². The van der Waals surface area contributed by atoms with Crippen molar-refractivity contribution in [3.8, 4) is 22.4 Å². The van der Waals surface area contributed by atoms with Crippen LogP contribution in [0.1, 0.15) is 11.1 Å². The molecule has 0 aliphatic heterocycles. The number of hydrogen-bond acceptors (Lipinski definition) is 3. The van der Waals surface area contributed by atoms with Crippen molar-refractivity contribution in [2.45, 2.75) is 13.8 Å². The molecule has 3 heteroatoms. The Bertz CT molecular complexity index is 2260. The summed E-state index contributed by atoms with van der Waals surface area (Å²) in [5.74, 6) is 0. The minimum absolute atomic E-state index is 0.866. The molecule has 0 unspecified atom stereocenters. The molecular formula is C36H24N2O. The van der Waals surface area contributed by atoms with Gasteiger partial charge in [-0.1, -0.05) is 83.9 Å². The number of rotatable bonds is 2. The lowest BCUT2D eigenvalue weighted by molar-refractivity contribution is 0.669. The molecule has 2 aromatic heterocycles. The van der Waals surface area contributed by atoms with Crippen molar-refractivity contribution < 1.29 is 4.42 Å². The zero-order valence-corrected chi connectivity index (χ0v) is 21.7. The largest absolute Gasteiger partial charge is 0.456 e. The molecule has 0 radical (unpaired) electrons. The highest BCUT2D eigenvalue weighted by Crippen LogP contribution is 2.38. The van der Waals surface area contributed by atoms with Crippen molar-refractivity contribution in [2.24, 2.45) is 0 Å². The average molecular weight is 501 g/mol. The summed E-state index contributed by atoms with van der Waals surface area (Å²) in [7, 11) is 0. The van der Waals surface area contributed by atoms with Crippen molar-refractivity contribution in [2.75, 3.05) is 0 Å². The molecule has 8 rings (SSSR count). The second-order valence-corrected chi connectivity index (χ2v) is 10.4. The maximum atomic E-state index is 6.08. The first-order valence-electron chi connectivity index (χ1n) is 13.2. The standard InChI is InChI=1S/C36H24N2O/c1-21-11-14-25-26-15-12-22(2)18-31(26)36-35(30(25)17-21)37-20-32(38-36)27-8-4-3-7-24(27)23-13-16-34-29(19-23)28-9-5-6-10-33(28)39-34/h3-20H,1-2H3. The van der Waals surface area contributed by atoms with Crippen LogP contribution in [0.2, 0.25) is 0 Å². The van der Waals surface area contributed by atoms with Crippen LogP contribution in [0, 0.1) is 13.8 Å². The maximum absolute atomic E-state index is 6.08. The van der Waals surface area contributed by atoms with Gasteiger partial charge in [-0.3, -0.25) is 4.98 Å². The molecule has 0 atom stereocenters. The van der Waals surface area contributed by atoms with Crippen LogP contribution in [0.5, 0.6) is 0 Å². The molecule has 3 nitrogen and oxygen atoms in total. The summed E-state index contributed by atoms with van der Waals surface area (Å²) in [6, 6.07) is 36.3. The fraction of sp³-hybridized carbons (Fsp3) is 0.0556. The molecular weight excluding hydrogens is 476 g/mol. The van der Waals surface area contributed by atoms with E-state index in [2.05, 4.69) is 105 Å². The van der Waals surface area contributed by atoms with Gasteiger partial charge in [0.2, 0.25) is 0 Å². The van der Waals surface area contributed by atoms with E-state index in [-0.39, 0.29) is 0 Å². The first kappa shape index (κ1) is 22.0. The Hall–Kier alpha value is -5.02. The number of aryl methyl sites for hydroxylation is 2. The Balaban J connectivity index is 1.39. The summed E-state index contributed by atoms with van der Waals surface area (Å²) < 4.78 is 6.08. The third-order valence-corrected chi connectivity index (χ3v) is 7.81. The molecule has 8 aromatic rings. The molecule has 184 valence electrons. The van der Waals surface area contributed by atoms with Crippen molar-refractivity contribution in [1.29, 1.82) is 0 Å². The lowest BCUT2D eigenvalue weighted by Gasteiger charge is -2.13. The molecule has 39 heavy (non-hydrogen) atoms. The predicted molar refractivity (Wildman–Crippen MR) is 162 cm³/mol. The molecule has 0 amide bonds. The lowest BCUT2D eigenvalue weighted by atomic mass is 9.95. The van der Waals surface area contributed by atoms with Crippen molar-refractivity contribution in [3.63, 3.8) is 0 Å². The third kappa shape index (κ3) is 3.37. The molecule has 0 aliphatic carbocycles. The Labute approximate surface area is 225 Å². The molecule has 0 saturated heterocycles. The number of nitrogens with zero attached hydrogens (tertiary/aromatic N) is 2. The molecule has 0 fully saturated rings. The van der Waals surface area contributed by atoms with Crippen LogP contribution in [-0.2, 0) is 0 Å². The number of furan rings is 1. The smallest absolute Gasteiger partial charge is 0.135 e. The van der Waals surface area contributed by atoms with E-state index in [9.17, 15) is 0 Å². The van der Waals surface area contributed by atoms with E-state index in [0.29, 0.717) is 0 Å². The molecule has 2 heterocycles. The molecule has 0 saturated carbocycles. The van der Waals surface area contributed by atoms with Crippen LogP contribution < -0.4 is 0 Å². The van der Waals surface area contributed by atoms with Gasteiger partial charge in [0.15, 0.2) is 0 Å². The van der Waals surface area contributed by atoms with Gasteiger partial charge in [0.1, 0.15) is 11.2 Å². The molecule has 0 aliphatic rings. The number of fused-ring (bicyclic) bond motifs is 9. The van der Waals surface area contributed by atoms with E-state index in [0.717, 1.165) is 66.1 Å². The van der Waals surface area contributed by atoms with Gasteiger partial charge in [-0.2, -0.15) is 0 Å². The minimum atomic E-state index is 0.866. The maximum Gasteiger partial charge on any atom is 0.135 e. The predicted octanol–water partition coefficient (Wildman–Crippen LogP) is 9.79. The van der Waals surface area contributed by atoms with E-state index < -0.39 is 0 Å². The SMILES string of the molecule is Cc1ccc2c3ccc(C)cc3c3nc(-c4ccccc4-c4ccc5oc6ccccc6c5c4)cnc3c2c1. The molecule has 6 aromatic carbocycles. The summed E-state index contributed by atoms with van der Waals surface area (Å²) in [6.07, 6.45) is 1.93. The molecule has 0 spiro atoms. The van der Waals surface area contributed by atoms with E-state index >= 15 is 0 Å². The van der Waals surface area contributed by atoms with Crippen molar-refractivity contribution >= 4 is 54.5 Å². The van der Waals surface area contributed by atoms with E-state index in [4.69, 9.17) is 14.4 Å². The summed E-state index contributed by atoms with van der Waals surface area (Å²) in [5, 5.41) is 6.95. The first-order chi connectivity index (χ1) is 19.1. The molecule has 0 N–H and O–H groups in total. The number of para-hydroxylation sites is 1. The van der Waals surface area contributed by atoms with Crippen molar-refractivity contribution in [3.05, 3.63) is 120 Å². The Kier molecular flexibility index (Phi) is 4.65.